The molecule has 0 amide bonds. The Morgan fingerprint density at radius 1 is 1.19 bits per heavy atom. The van der Waals surface area contributed by atoms with E-state index in [0.29, 0.717) is 17.6 Å². The van der Waals surface area contributed by atoms with E-state index in [4.69, 9.17) is 9.47 Å². The Bertz CT molecular complexity index is 833. The normalized spacial score (nSPS) is 26.5. The molecule has 0 N–H and O–H groups in total. The van der Waals surface area contributed by atoms with Crippen LogP contribution in [0.4, 0.5) is 4.39 Å². The molecular weight excluding hydrogens is 331 g/mol. The maximum atomic E-state index is 14.4. The summed E-state index contributed by atoms with van der Waals surface area (Å²) in [4.78, 5) is 12.4. The molecule has 0 aromatic heterocycles. The summed E-state index contributed by atoms with van der Waals surface area (Å²) in [5.74, 6) is 0.489. The zero-order valence-electron chi connectivity index (χ0n) is 14.5. The van der Waals surface area contributed by atoms with Crippen molar-refractivity contribution < 1.29 is 18.7 Å². The molecule has 2 fully saturated rings. The number of fused-ring (bicyclic) bond motifs is 2. The van der Waals surface area contributed by atoms with Gasteiger partial charge in [-0.15, -0.1) is 0 Å². The van der Waals surface area contributed by atoms with Crippen molar-refractivity contribution in [2.45, 2.75) is 31.3 Å². The number of ether oxygens (including phenoxy) is 2. The standard InChI is InChI=1S/C22H21FO3/c1-2-22(14-15-8-10-17(22)12-15)26-20-13-16(9-11-19(20)23)21(24)25-18-6-4-3-5-7-18/h2-7,9,11,13,15,17H,1,8,10,12,14H2. The Balaban J connectivity index is 1.56. The molecule has 0 heterocycles. The van der Waals surface area contributed by atoms with Crippen LogP contribution in [-0.4, -0.2) is 11.6 Å². The molecule has 2 aliphatic carbocycles. The Kier molecular flexibility index (Phi) is 4.27. The van der Waals surface area contributed by atoms with Gasteiger partial charge in [0.1, 0.15) is 11.4 Å². The van der Waals surface area contributed by atoms with Crippen LogP contribution in [0.1, 0.15) is 36.0 Å². The number of esters is 1. The number of rotatable bonds is 5. The van der Waals surface area contributed by atoms with E-state index in [9.17, 15) is 9.18 Å². The molecule has 0 spiro atoms. The Labute approximate surface area is 152 Å². The molecule has 4 heteroatoms. The van der Waals surface area contributed by atoms with Gasteiger partial charge in [-0.1, -0.05) is 24.8 Å². The van der Waals surface area contributed by atoms with Crippen molar-refractivity contribution in [3.63, 3.8) is 0 Å². The van der Waals surface area contributed by atoms with Crippen molar-refractivity contribution >= 4 is 5.97 Å². The van der Waals surface area contributed by atoms with E-state index in [1.165, 1.54) is 24.6 Å². The highest BCUT2D eigenvalue weighted by atomic mass is 19.1. The minimum Gasteiger partial charge on any atom is -0.480 e. The average Bonchev–Trinajstić information content (AvgIpc) is 3.26. The maximum absolute atomic E-state index is 14.4. The van der Waals surface area contributed by atoms with Crippen LogP contribution in [0.2, 0.25) is 0 Å². The summed E-state index contributed by atoms with van der Waals surface area (Å²) in [6.07, 6.45) is 6.05. The van der Waals surface area contributed by atoms with Crippen molar-refractivity contribution in [2.75, 3.05) is 0 Å². The zero-order valence-corrected chi connectivity index (χ0v) is 14.5. The van der Waals surface area contributed by atoms with Gasteiger partial charge in [-0.2, -0.15) is 0 Å². The summed E-state index contributed by atoms with van der Waals surface area (Å²) < 4.78 is 25.8. The molecular formula is C22H21FO3. The van der Waals surface area contributed by atoms with Crippen molar-refractivity contribution in [1.82, 2.24) is 0 Å². The Hall–Kier alpha value is -2.62. The van der Waals surface area contributed by atoms with Crippen LogP contribution in [-0.2, 0) is 0 Å². The van der Waals surface area contributed by atoms with Gasteiger partial charge in [0, 0.05) is 5.92 Å². The number of hydrogen-bond acceptors (Lipinski definition) is 3. The minimum atomic E-state index is -0.540. The van der Waals surface area contributed by atoms with Crippen LogP contribution >= 0.6 is 0 Å². The lowest BCUT2D eigenvalue weighted by molar-refractivity contribution is 0.0557. The van der Waals surface area contributed by atoms with Gasteiger partial charge in [0.25, 0.3) is 0 Å². The fourth-order valence-corrected chi connectivity index (χ4v) is 4.31. The average molecular weight is 352 g/mol. The molecule has 3 nitrogen and oxygen atoms in total. The third-order valence-corrected chi connectivity index (χ3v) is 5.61. The largest absolute Gasteiger partial charge is 0.480 e. The summed E-state index contributed by atoms with van der Waals surface area (Å²) in [6.45, 7) is 3.93. The van der Waals surface area contributed by atoms with Gasteiger partial charge in [0.05, 0.1) is 5.56 Å². The van der Waals surface area contributed by atoms with Gasteiger partial charge >= 0.3 is 5.97 Å². The zero-order chi connectivity index (χ0) is 18.1. The van der Waals surface area contributed by atoms with Gasteiger partial charge in [-0.25, -0.2) is 9.18 Å². The molecule has 0 aliphatic heterocycles. The lowest BCUT2D eigenvalue weighted by Gasteiger charge is -2.35. The van der Waals surface area contributed by atoms with Crippen LogP contribution in [0, 0.1) is 17.7 Å². The number of halogens is 1. The van der Waals surface area contributed by atoms with Crippen LogP contribution in [0.3, 0.4) is 0 Å². The van der Waals surface area contributed by atoms with E-state index in [-0.39, 0.29) is 11.3 Å². The highest BCUT2D eigenvalue weighted by Crippen LogP contribution is 2.53. The molecule has 2 aromatic rings. The van der Waals surface area contributed by atoms with Crippen LogP contribution < -0.4 is 9.47 Å². The van der Waals surface area contributed by atoms with Crippen molar-refractivity contribution in [3.05, 3.63) is 72.6 Å². The van der Waals surface area contributed by atoms with Crippen molar-refractivity contribution in [3.8, 4) is 11.5 Å². The monoisotopic (exact) mass is 352 g/mol. The predicted molar refractivity (Wildman–Crippen MR) is 96.8 cm³/mol. The van der Waals surface area contributed by atoms with Crippen LogP contribution in [0.5, 0.6) is 11.5 Å². The summed E-state index contributed by atoms with van der Waals surface area (Å²) in [5.41, 5.74) is -0.279. The van der Waals surface area contributed by atoms with Crippen molar-refractivity contribution in [2.24, 2.45) is 11.8 Å². The SMILES string of the molecule is C=CC1(Oc2cc(C(=O)Oc3ccccc3)ccc2F)CC2CCC1C2. The van der Waals surface area contributed by atoms with E-state index in [0.717, 1.165) is 19.3 Å². The predicted octanol–water partition coefficient (Wildman–Crippen LogP) is 5.17. The Morgan fingerprint density at radius 3 is 2.65 bits per heavy atom. The molecule has 4 rings (SSSR count). The second-order valence-corrected chi connectivity index (χ2v) is 7.19. The van der Waals surface area contributed by atoms with Gasteiger partial charge < -0.3 is 9.47 Å². The summed E-state index contributed by atoms with van der Waals surface area (Å²) in [7, 11) is 0. The fourth-order valence-electron chi connectivity index (χ4n) is 4.31. The molecule has 2 saturated carbocycles. The Morgan fingerprint density at radius 2 is 2.00 bits per heavy atom. The molecule has 134 valence electrons. The number of benzene rings is 2. The molecule has 0 radical (unpaired) electrons. The van der Waals surface area contributed by atoms with Gasteiger partial charge in [0.2, 0.25) is 0 Å². The first-order chi connectivity index (χ1) is 12.6. The van der Waals surface area contributed by atoms with Gasteiger partial charge in [-0.3, -0.25) is 0 Å². The first kappa shape index (κ1) is 16.8. The first-order valence-electron chi connectivity index (χ1n) is 8.99. The van der Waals surface area contributed by atoms with E-state index in [2.05, 4.69) is 6.58 Å². The first-order valence-corrected chi connectivity index (χ1v) is 8.99. The molecule has 2 aliphatic rings. The molecule has 3 unspecified atom stereocenters. The topological polar surface area (TPSA) is 35.5 Å². The van der Waals surface area contributed by atoms with Crippen LogP contribution in [0.15, 0.2) is 61.2 Å². The molecule has 2 bridgehead atoms. The van der Waals surface area contributed by atoms with Gasteiger partial charge in [0.15, 0.2) is 11.6 Å². The second-order valence-electron chi connectivity index (χ2n) is 7.19. The van der Waals surface area contributed by atoms with E-state index >= 15 is 0 Å². The molecule has 0 saturated heterocycles. The third-order valence-electron chi connectivity index (χ3n) is 5.61. The highest BCUT2D eigenvalue weighted by Gasteiger charge is 2.51. The molecule has 26 heavy (non-hydrogen) atoms. The van der Waals surface area contributed by atoms with E-state index < -0.39 is 17.4 Å². The summed E-state index contributed by atoms with van der Waals surface area (Å²) in [5, 5.41) is 0. The van der Waals surface area contributed by atoms with Gasteiger partial charge in [-0.05, 0) is 68.0 Å². The van der Waals surface area contributed by atoms with Crippen LogP contribution in [0.25, 0.3) is 0 Å². The number of carbonyl (C=O) groups is 1. The third kappa shape index (κ3) is 3.00. The highest BCUT2D eigenvalue weighted by molar-refractivity contribution is 5.91. The molecule has 2 aromatic carbocycles. The van der Waals surface area contributed by atoms with E-state index in [1.54, 1.807) is 24.3 Å². The minimum absolute atomic E-state index is 0.0833. The maximum Gasteiger partial charge on any atom is 0.343 e. The summed E-state index contributed by atoms with van der Waals surface area (Å²) in [6, 6.07) is 12.9. The fraction of sp³-hybridized carbons (Fsp3) is 0.318. The molecule has 3 atom stereocenters. The smallest absolute Gasteiger partial charge is 0.343 e. The second kappa shape index (κ2) is 6.60. The quantitative estimate of drug-likeness (QED) is 0.423. The van der Waals surface area contributed by atoms with E-state index in [1.807, 2.05) is 12.1 Å². The number of carbonyl (C=O) groups excluding carboxylic acids is 1. The number of para-hydroxylation sites is 1. The lowest BCUT2D eigenvalue weighted by atomic mass is 9.84. The number of hydrogen-bond donors (Lipinski definition) is 0. The summed E-state index contributed by atoms with van der Waals surface area (Å²) >= 11 is 0. The lowest BCUT2D eigenvalue weighted by Crippen LogP contribution is -2.39. The van der Waals surface area contributed by atoms with Crippen molar-refractivity contribution in [1.29, 1.82) is 0 Å².